The van der Waals surface area contributed by atoms with Crippen LogP contribution in [0.3, 0.4) is 0 Å². The van der Waals surface area contributed by atoms with Gasteiger partial charge in [0.1, 0.15) is 0 Å². The summed E-state index contributed by atoms with van der Waals surface area (Å²) >= 11 is 0. The summed E-state index contributed by atoms with van der Waals surface area (Å²) in [5.41, 5.74) is 1.74. The van der Waals surface area contributed by atoms with E-state index in [9.17, 15) is 0 Å². The van der Waals surface area contributed by atoms with Crippen LogP contribution < -0.4 is 0 Å². The van der Waals surface area contributed by atoms with E-state index in [0.717, 1.165) is 17.8 Å². The van der Waals surface area contributed by atoms with E-state index in [1.807, 2.05) is 0 Å². The standard InChI is InChI=1S/C15H24/c1-12-11-13(2)15-10-8-6-4-3-5-7-9-14(12)15/h5,7,9,12-13,15H,3-4,6,8,10-11H2,1-2H3. The predicted octanol–water partition coefficient (Wildman–Crippen LogP) is 4.73. The molecule has 0 aromatic carbocycles. The first-order chi connectivity index (χ1) is 7.29. The molecule has 0 saturated heterocycles. The largest absolute Gasteiger partial charge is 0.0845 e. The summed E-state index contributed by atoms with van der Waals surface area (Å²) in [6.07, 6.45) is 15.4. The van der Waals surface area contributed by atoms with E-state index < -0.39 is 0 Å². The molecule has 0 bridgehead atoms. The molecule has 84 valence electrons. The third kappa shape index (κ3) is 2.53. The highest BCUT2D eigenvalue weighted by atomic mass is 14.4. The van der Waals surface area contributed by atoms with Crippen LogP contribution in [0.5, 0.6) is 0 Å². The number of rotatable bonds is 0. The average molecular weight is 204 g/mol. The molecule has 0 heteroatoms. The first-order valence-electron chi connectivity index (χ1n) is 6.65. The molecule has 0 spiro atoms. The molecule has 2 aliphatic rings. The van der Waals surface area contributed by atoms with E-state index in [4.69, 9.17) is 0 Å². The van der Waals surface area contributed by atoms with Gasteiger partial charge in [0.15, 0.2) is 0 Å². The van der Waals surface area contributed by atoms with Gasteiger partial charge >= 0.3 is 0 Å². The Balaban J connectivity index is 2.16. The SMILES string of the molecule is CC1CC(C)C2CCCCCC=CC=C12. The summed E-state index contributed by atoms with van der Waals surface area (Å²) in [5, 5.41) is 0. The van der Waals surface area contributed by atoms with Crippen molar-refractivity contribution in [2.45, 2.75) is 52.4 Å². The van der Waals surface area contributed by atoms with Gasteiger partial charge in [-0.2, -0.15) is 0 Å². The second-order valence-electron chi connectivity index (χ2n) is 5.45. The third-order valence-electron chi connectivity index (χ3n) is 4.22. The van der Waals surface area contributed by atoms with Gasteiger partial charge in [-0.25, -0.2) is 0 Å². The van der Waals surface area contributed by atoms with Crippen LogP contribution in [0, 0.1) is 17.8 Å². The molecular formula is C15H24. The highest BCUT2D eigenvalue weighted by molar-refractivity contribution is 5.22. The lowest BCUT2D eigenvalue weighted by Crippen LogP contribution is -2.06. The highest BCUT2D eigenvalue weighted by Crippen LogP contribution is 2.43. The van der Waals surface area contributed by atoms with Gasteiger partial charge in [-0.05, 0) is 43.4 Å². The summed E-state index contributed by atoms with van der Waals surface area (Å²) in [5.74, 6) is 2.64. The number of fused-ring (bicyclic) bond motifs is 1. The quantitative estimate of drug-likeness (QED) is 0.535. The Morgan fingerprint density at radius 2 is 2.00 bits per heavy atom. The van der Waals surface area contributed by atoms with Crippen LogP contribution in [0.1, 0.15) is 52.4 Å². The summed E-state index contributed by atoms with van der Waals surface area (Å²) in [4.78, 5) is 0. The van der Waals surface area contributed by atoms with Gasteiger partial charge in [-0.3, -0.25) is 0 Å². The number of hydrogen-bond donors (Lipinski definition) is 0. The molecule has 0 aromatic heterocycles. The van der Waals surface area contributed by atoms with Gasteiger partial charge in [0.25, 0.3) is 0 Å². The zero-order valence-corrected chi connectivity index (χ0v) is 10.2. The fraction of sp³-hybridized carbons (Fsp3) is 0.733. The van der Waals surface area contributed by atoms with Crippen LogP contribution in [0.25, 0.3) is 0 Å². The van der Waals surface area contributed by atoms with Crippen molar-refractivity contribution in [2.24, 2.45) is 17.8 Å². The molecule has 0 aromatic rings. The highest BCUT2D eigenvalue weighted by Gasteiger charge is 2.32. The molecule has 1 saturated carbocycles. The van der Waals surface area contributed by atoms with Crippen molar-refractivity contribution in [3.63, 3.8) is 0 Å². The average Bonchev–Trinajstić information content (AvgIpc) is 2.49. The summed E-state index contributed by atoms with van der Waals surface area (Å²) in [6, 6.07) is 0. The molecule has 15 heavy (non-hydrogen) atoms. The van der Waals surface area contributed by atoms with E-state index in [1.54, 1.807) is 5.57 Å². The fourth-order valence-corrected chi connectivity index (χ4v) is 3.37. The Morgan fingerprint density at radius 3 is 2.87 bits per heavy atom. The predicted molar refractivity (Wildman–Crippen MR) is 66.7 cm³/mol. The van der Waals surface area contributed by atoms with Gasteiger partial charge in [0.05, 0.1) is 0 Å². The zero-order chi connectivity index (χ0) is 10.7. The molecule has 0 nitrogen and oxygen atoms in total. The molecule has 0 radical (unpaired) electrons. The molecular weight excluding hydrogens is 180 g/mol. The Morgan fingerprint density at radius 1 is 1.13 bits per heavy atom. The van der Waals surface area contributed by atoms with Gasteiger partial charge in [-0.15, -0.1) is 0 Å². The molecule has 0 aliphatic heterocycles. The lowest BCUT2D eigenvalue weighted by molar-refractivity contribution is 0.410. The van der Waals surface area contributed by atoms with Crippen LogP contribution >= 0.6 is 0 Å². The lowest BCUT2D eigenvalue weighted by atomic mass is 9.87. The summed E-state index contributed by atoms with van der Waals surface area (Å²) in [6.45, 7) is 4.85. The first-order valence-corrected chi connectivity index (χ1v) is 6.65. The normalized spacial score (nSPS) is 37.2. The minimum absolute atomic E-state index is 0.828. The summed E-state index contributed by atoms with van der Waals surface area (Å²) < 4.78 is 0. The van der Waals surface area contributed by atoms with Crippen molar-refractivity contribution in [3.8, 4) is 0 Å². The molecule has 2 aliphatic carbocycles. The van der Waals surface area contributed by atoms with Crippen molar-refractivity contribution in [1.29, 1.82) is 0 Å². The molecule has 0 heterocycles. The maximum absolute atomic E-state index is 2.44. The minimum Gasteiger partial charge on any atom is -0.0845 e. The molecule has 0 amide bonds. The van der Waals surface area contributed by atoms with Crippen molar-refractivity contribution >= 4 is 0 Å². The second kappa shape index (κ2) is 5.01. The van der Waals surface area contributed by atoms with E-state index >= 15 is 0 Å². The minimum atomic E-state index is 0.828. The van der Waals surface area contributed by atoms with Crippen LogP contribution in [0.2, 0.25) is 0 Å². The van der Waals surface area contributed by atoms with Crippen molar-refractivity contribution in [1.82, 2.24) is 0 Å². The Kier molecular flexibility index (Phi) is 3.66. The molecule has 2 rings (SSSR count). The van der Waals surface area contributed by atoms with Crippen molar-refractivity contribution in [3.05, 3.63) is 23.8 Å². The van der Waals surface area contributed by atoms with Crippen LogP contribution in [0.15, 0.2) is 23.8 Å². The summed E-state index contributed by atoms with van der Waals surface area (Å²) in [7, 11) is 0. The van der Waals surface area contributed by atoms with Crippen LogP contribution in [-0.2, 0) is 0 Å². The zero-order valence-electron chi connectivity index (χ0n) is 10.2. The van der Waals surface area contributed by atoms with Gasteiger partial charge < -0.3 is 0 Å². The van der Waals surface area contributed by atoms with Gasteiger partial charge in [-0.1, -0.05) is 50.5 Å². The Hall–Kier alpha value is -0.520. The fourth-order valence-electron chi connectivity index (χ4n) is 3.37. The maximum atomic E-state index is 2.44. The monoisotopic (exact) mass is 204 g/mol. The second-order valence-corrected chi connectivity index (χ2v) is 5.45. The molecule has 0 N–H and O–H groups in total. The molecule has 1 fully saturated rings. The number of allylic oxidation sites excluding steroid dienone is 4. The van der Waals surface area contributed by atoms with Crippen molar-refractivity contribution in [2.75, 3.05) is 0 Å². The van der Waals surface area contributed by atoms with E-state index in [2.05, 4.69) is 32.1 Å². The van der Waals surface area contributed by atoms with Crippen LogP contribution in [0.4, 0.5) is 0 Å². The van der Waals surface area contributed by atoms with Crippen molar-refractivity contribution < 1.29 is 0 Å². The number of hydrogen-bond acceptors (Lipinski definition) is 0. The third-order valence-corrected chi connectivity index (χ3v) is 4.22. The van der Waals surface area contributed by atoms with Crippen LogP contribution in [-0.4, -0.2) is 0 Å². The smallest absolute Gasteiger partial charge is 0.0171 e. The van der Waals surface area contributed by atoms with Gasteiger partial charge in [0, 0.05) is 0 Å². The Labute approximate surface area is 94.5 Å². The molecule has 3 atom stereocenters. The van der Waals surface area contributed by atoms with E-state index in [1.165, 1.54) is 38.5 Å². The lowest BCUT2D eigenvalue weighted by Gasteiger charge is -2.18. The molecule has 3 unspecified atom stereocenters. The van der Waals surface area contributed by atoms with Gasteiger partial charge in [0.2, 0.25) is 0 Å². The van der Waals surface area contributed by atoms with E-state index in [0.29, 0.717) is 0 Å². The topological polar surface area (TPSA) is 0 Å². The first kappa shape index (κ1) is 11.0. The Bertz CT molecular complexity index is 259. The van der Waals surface area contributed by atoms with E-state index in [-0.39, 0.29) is 0 Å². The maximum Gasteiger partial charge on any atom is -0.0171 e.